The molecule has 0 saturated carbocycles. The number of rotatable bonds is 7. The number of ether oxygens (including phenoxy) is 1. The smallest absolute Gasteiger partial charge is 0.0480 e. The van der Waals surface area contributed by atoms with Gasteiger partial charge in [-0.3, -0.25) is 4.90 Å². The molecule has 1 saturated heterocycles. The Morgan fingerprint density at radius 2 is 2.00 bits per heavy atom. The van der Waals surface area contributed by atoms with Crippen molar-refractivity contribution in [3.05, 3.63) is 0 Å². The van der Waals surface area contributed by atoms with Crippen LogP contribution in [0.2, 0.25) is 0 Å². The van der Waals surface area contributed by atoms with Gasteiger partial charge in [0.15, 0.2) is 0 Å². The van der Waals surface area contributed by atoms with Crippen LogP contribution in [0.5, 0.6) is 0 Å². The molecule has 0 spiro atoms. The first-order valence-electron chi connectivity index (χ1n) is 6.79. The summed E-state index contributed by atoms with van der Waals surface area (Å²) in [5.74, 6) is 0. The summed E-state index contributed by atoms with van der Waals surface area (Å²) in [6, 6.07) is 1.25. The zero-order valence-electron chi connectivity index (χ0n) is 11.0. The molecule has 16 heavy (non-hydrogen) atoms. The summed E-state index contributed by atoms with van der Waals surface area (Å²) >= 11 is 0. The molecule has 0 aromatic rings. The zero-order valence-corrected chi connectivity index (χ0v) is 11.0. The summed E-state index contributed by atoms with van der Waals surface area (Å²) in [6.45, 7) is 4.87. The lowest BCUT2D eigenvalue weighted by molar-refractivity contribution is 0.0280. The van der Waals surface area contributed by atoms with Crippen LogP contribution in [0.1, 0.15) is 45.4 Å². The van der Waals surface area contributed by atoms with Gasteiger partial charge in [-0.1, -0.05) is 26.2 Å². The topological polar surface area (TPSA) is 38.5 Å². The van der Waals surface area contributed by atoms with Crippen molar-refractivity contribution in [1.29, 1.82) is 0 Å². The summed E-state index contributed by atoms with van der Waals surface area (Å²) in [5, 5.41) is 0. The van der Waals surface area contributed by atoms with E-state index in [9.17, 15) is 0 Å². The minimum Gasteiger partial charge on any atom is -0.381 e. The molecule has 1 rings (SSSR count). The van der Waals surface area contributed by atoms with Crippen LogP contribution in [-0.2, 0) is 4.74 Å². The minimum absolute atomic E-state index is 0.564. The first kappa shape index (κ1) is 13.9. The second-order valence-electron chi connectivity index (χ2n) is 4.89. The van der Waals surface area contributed by atoms with Gasteiger partial charge in [0.25, 0.3) is 0 Å². The second kappa shape index (κ2) is 8.04. The third kappa shape index (κ3) is 4.40. The summed E-state index contributed by atoms with van der Waals surface area (Å²) in [7, 11) is 2.24. The maximum atomic E-state index is 5.89. The van der Waals surface area contributed by atoms with Crippen molar-refractivity contribution < 1.29 is 4.74 Å². The number of hydrogen-bond acceptors (Lipinski definition) is 3. The molecule has 1 heterocycles. The van der Waals surface area contributed by atoms with Gasteiger partial charge in [0.1, 0.15) is 0 Å². The molecular weight excluding hydrogens is 200 g/mol. The lowest BCUT2D eigenvalue weighted by atomic mass is 10.0. The first-order chi connectivity index (χ1) is 7.79. The van der Waals surface area contributed by atoms with Gasteiger partial charge in [-0.2, -0.15) is 0 Å². The molecule has 2 N–H and O–H groups in total. The van der Waals surface area contributed by atoms with Crippen LogP contribution in [0.3, 0.4) is 0 Å². The van der Waals surface area contributed by atoms with Crippen molar-refractivity contribution in [2.24, 2.45) is 5.73 Å². The Hall–Kier alpha value is -0.120. The van der Waals surface area contributed by atoms with E-state index < -0.39 is 0 Å². The van der Waals surface area contributed by atoms with Crippen LogP contribution in [0.25, 0.3) is 0 Å². The van der Waals surface area contributed by atoms with Gasteiger partial charge in [-0.15, -0.1) is 0 Å². The predicted octanol–water partition coefficient (Wildman–Crippen LogP) is 2.00. The summed E-state index contributed by atoms with van der Waals surface area (Å²) < 4.78 is 5.40. The highest BCUT2D eigenvalue weighted by Gasteiger charge is 2.23. The molecule has 0 radical (unpaired) electrons. The summed E-state index contributed by atoms with van der Waals surface area (Å²) in [6.07, 6.45) is 7.52. The van der Waals surface area contributed by atoms with Crippen molar-refractivity contribution in [3.8, 4) is 0 Å². The molecule has 0 amide bonds. The van der Waals surface area contributed by atoms with Crippen molar-refractivity contribution in [3.63, 3.8) is 0 Å². The Morgan fingerprint density at radius 3 is 2.56 bits per heavy atom. The van der Waals surface area contributed by atoms with E-state index in [-0.39, 0.29) is 0 Å². The molecule has 1 aliphatic rings. The molecule has 0 aliphatic carbocycles. The lowest BCUT2D eigenvalue weighted by Crippen LogP contribution is -2.46. The Balaban J connectivity index is 2.31. The Bertz CT molecular complexity index is 169. The first-order valence-corrected chi connectivity index (χ1v) is 6.79. The molecule has 96 valence electrons. The monoisotopic (exact) mass is 228 g/mol. The number of unbranched alkanes of at least 4 members (excludes halogenated alkanes) is 2. The van der Waals surface area contributed by atoms with Crippen LogP contribution in [0.15, 0.2) is 0 Å². The van der Waals surface area contributed by atoms with E-state index in [2.05, 4.69) is 18.9 Å². The second-order valence-corrected chi connectivity index (χ2v) is 4.89. The molecule has 1 fully saturated rings. The molecular formula is C13H28N2O. The molecule has 0 aromatic carbocycles. The predicted molar refractivity (Wildman–Crippen MR) is 68.6 cm³/mol. The Labute approximate surface area is 100 Å². The van der Waals surface area contributed by atoms with Crippen molar-refractivity contribution in [2.45, 2.75) is 57.5 Å². The third-order valence-electron chi connectivity index (χ3n) is 3.76. The number of likely N-dealkylation sites (N-methyl/N-ethyl adjacent to an activating group) is 1. The quantitative estimate of drug-likeness (QED) is 0.677. The third-order valence-corrected chi connectivity index (χ3v) is 3.76. The summed E-state index contributed by atoms with van der Waals surface area (Å²) in [5.41, 5.74) is 5.89. The molecule has 3 nitrogen and oxygen atoms in total. The van der Waals surface area contributed by atoms with Crippen LogP contribution in [-0.4, -0.2) is 43.8 Å². The van der Waals surface area contributed by atoms with E-state index in [1.54, 1.807) is 0 Å². The molecule has 1 unspecified atom stereocenters. The molecule has 0 bridgehead atoms. The average molecular weight is 228 g/mol. The fourth-order valence-corrected chi connectivity index (χ4v) is 2.51. The highest BCUT2D eigenvalue weighted by Crippen LogP contribution is 2.17. The molecule has 1 aliphatic heterocycles. The van der Waals surface area contributed by atoms with E-state index >= 15 is 0 Å². The Morgan fingerprint density at radius 1 is 1.31 bits per heavy atom. The van der Waals surface area contributed by atoms with Crippen molar-refractivity contribution in [2.75, 3.05) is 26.8 Å². The van der Waals surface area contributed by atoms with Crippen molar-refractivity contribution >= 4 is 0 Å². The van der Waals surface area contributed by atoms with Crippen LogP contribution < -0.4 is 5.73 Å². The molecule has 1 atom stereocenters. The largest absolute Gasteiger partial charge is 0.381 e. The van der Waals surface area contributed by atoms with Gasteiger partial charge in [-0.25, -0.2) is 0 Å². The van der Waals surface area contributed by atoms with Gasteiger partial charge in [0.05, 0.1) is 0 Å². The molecule has 3 heteroatoms. The van der Waals surface area contributed by atoms with Gasteiger partial charge in [0, 0.05) is 31.8 Å². The Kier molecular flexibility index (Phi) is 7.01. The standard InChI is InChI=1S/C13H28N2O/c1-3-4-5-6-13(11-14)15(2)12-7-9-16-10-8-12/h12-13H,3-11,14H2,1-2H3. The van der Waals surface area contributed by atoms with Crippen LogP contribution in [0.4, 0.5) is 0 Å². The van der Waals surface area contributed by atoms with Gasteiger partial charge < -0.3 is 10.5 Å². The van der Waals surface area contributed by atoms with Crippen LogP contribution in [0, 0.1) is 0 Å². The minimum atomic E-state index is 0.564. The SMILES string of the molecule is CCCCCC(CN)N(C)C1CCOCC1. The van der Waals surface area contributed by atoms with E-state index in [1.807, 2.05) is 0 Å². The maximum Gasteiger partial charge on any atom is 0.0480 e. The van der Waals surface area contributed by atoms with E-state index in [0.717, 1.165) is 19.8 Å². The number of nitrogens with two attached hydrogens (primary N) is 1. The number of nitrogens with zero attached hydrogens (tertiary/aromatic N) is 1. The van der Waals surface area contributed by atoms with Gasteiger partial charge in [0.2, 0.25) is 0 Å². The highest BCUT2D eigenvalue weighted by atomic mass is 16.5. The maximum absolute atomic E-state index is 5.89. The van der Waals surface area contributed by atoms with Crippen LogP contribution >= 0.6 is 0 Å². The van der Waals surface area contributed by atoms with E-state index in [1.165, 1.54) is 38.5 Å². The van der Waals surface area contributed by atoms with E-state index in [4.69, 9.17) is 10.5 Å². The number of hydrogen-bond donors (Lipinski definition) is 1. The lowest BCUT2D eigenvalue weighted by Gasteiger charge is -2.36. The fraction of sp³-hybridized carbons (Fsp3) is 1.00. The van der Waals surface area contributed by atoms with Gasteiger partial charge in [-0.05, 0) is 26.3 Å². The summed E-state index contributed by atoms with van der Waals surface area (Å²) in [4.78, 5) is 2.50. The average Bonchev–Trinajstić information content (AvgIpc) is 2.35. The highest BCUT2D eigenvalue weighted by molar-refractivity contribution is 4.79. The normalized spacial score (nSPS) is 20.2. The van der Waals surface area contributed by atoms with E-state index in [0.29, 0.717) is 12.1 Å². The molecule has 0 aromatic heterocycles. The van der Waals surface area contributed by atoms with Crippen molar-refractivity contribution in [1.82, 2.24) is 4.90 Å². The zero-order chi connectivity index (χ0) is 11.8. The van der Waals surface area contributed by atoms with Gasteiger partial charge >= 0.3 is 0 Å². The fourth-order valence-electron chi connectivity index (χ4n) is 2.51.